The van der Waals surface area contributed by atoms with Gasteiger partial charge in [-0.3, -0.25) is 4.79 Å². The maximum Gasteiger partial charge on any atom is 0.308 e. The molecular weight excluding hydrogens is 442 g/mol. The van der Waals surface area contributed by atoms with Crippen molar-refractivity contribution >= 4 is 17.1 Å². The van der Waals surface area contributed by atoms with E-state index in [1.807, 2.05) is 62.6 Å². The molecule has 1 aliphatic rings. The molecule has 0 aliphatic carbocycles. The molecule has 0 N–H and O–H groups in total. The molecule has 1 heterocycles. The van der Waals surface area contributed by atoms with Crippen molar-refractivity contribution < 1.29 is 23.7 Å². The fourth-order valence-electron chi connectivity index (χ4n) is 4.04. The summed E-state index contributed by atoms with van der Waals surface area (Å²) in [7, 11) is 4.05. The van der Waals surface area contributed by atoms with Gasteiger partial charge in [0.05, 0.1) is 0 Å². The van der Waals surface area contributed by atoms with Crippen LogP contribution in [0.15, 0.2) is 66.7 Å². The van der Waals surface area contributed by atoms with Crippen molar-refractivity contribution in [2.75, 3.05) is 34.0 Å². The second-order valence-corrected chi connectivity index (χ2v) is 8.57. The van der Waals surface area contributed by atoms with Crippen molar-refractivity contribution in [3.63, 3.8) is 0 Å². The van der Waals surface area contributed by atoms with Gasteiger partial charge in [0.2, 0.25) is 6.79 Å². The van der Waals surface area contributed by atoms with Gasteiger partial charge in [-0.2, -0.15) is 0 Å². The van der Waals surface area contributed by atoms with Gasteiger partial charge in [-0.1, -0.05) is 37.3 Å². The van der Waals surface area contributed by atoms with Gasteiger partial charge in [0.25, 0.3) is 0 Å². The summed E-state index contributed by atoms with van der Waals surface area (Å²) >= 11 is 0. The molecule has 0 amide bonds. The summed E-state index contributed by atoms with van der Waals surface area (Å²) in [5.74, 6) is 2.53. The lowest BCUT2D eigenvalue weighted by Crippen LogP contribution is -2.19. The van der Waals surface area contributed by atoms with Gasteiger partial charge >= 0.3 is 5.97 Å². The SMILES string of the molecule is CCC(=C(c1ccc(OCCN(C)C)cc1)c1ccc(OC(C)=O)cc1)c1ccc2c(c1)OCO2. The number of allylic oxidation sites excluding steroid dienone is 1. The molecule has 182 valence electrons. The van der Waals surface area contributed by atoms with Gasteiger partial charge in [0.1, 0.15) is 18.1 Å². The van der Waals surface area contributed by atoms with E-state index in [2.05, 4.69) is 30.0 Å². The van der Waals surface area contributed by atoms with E-state index in [1.165, 1.54) is 12.5 Å². The van der Waals surface area contributed by atoms with Crippen molar-refractivity contribution in [1.29, 1.82) is 0 Å². The lowest BCUT2D eigenvalue weighted by Gasteiger charge is -2.18. The largest absolute Gasteiger partial charge is 0.492 e. The first-order valence-electron chi connectivity index (χ1n) is 11.7. The highest BCUT2D eigenvalue weighted by Crippen LogP contribution is 2.40. The Bertz CT molecular complexity index is 1200. The van der Waals surface area contributed by atoms with Gasteiger partial charge in [0, 0.05) is 13.5 Å². The fraction of sp³-hybridized carbons (Fsp3) is 0.276. The van der Waals surface area contributed by atoms with Crippen molar-refractivity contribution in [2.45, 2.75) is 20.3 Å². The van der Waals surface area contributed by atoms with E-state index in [0.717, 1.165) is 52.5 Å². The number of nitrogens with zero attached hydrogens (tertiary/aromatic N) is 1. The normalized spacial score (nSPS) is 12.9. The van der Waals surface area contributed by atoms with Crippen LogP contribution in [0, 0.1) is 0 Å². The van der Waals surface area contributed by atoms with E-state index >= 15 is 0 Å². The summed E-state index contributed by atoms with van der Waals surface area (Å²) in [4.78, 5) is 13.5. The minimum absolute atomic E-state index is 0.240. The molecule has 0 saturated heterocycles. The Balaban J connectivity index is 1.75. The topological polar surface area (TPSA) is 57.2 Å². The number of likely N-dealkylation sites (N-methyl/N-ethyl adjacent to an activating group) is 1. The van der Waals surface area contributed by atoms with Gasteiger partial charge < -0.3 is 23.8 Å². The monoisotopic (exact) mass is 473 g/mol. The van der Waals surface area contributed by atoms with Crippen molar-refractivity contribution in [1.82, 2.24) is 4.90 Å². The van der Waals surface area contributed by atoms with Crippen molar-refractivity contribution in [3.8, 4) is 23.0 Å². The first-order chi connectivity index (χ1) is 16.9. The molecule has 4 rings (SSSR count). The lowest BCUT2D eigenvalue weighted by molar-refractivity contribution is -0.131. The quantitative estimate of drug-likeness (QED) is 0.227. The van der Waals surface area contributed by atoms with Crippen molar-refractivity contribution in [3.05, 3.63) is 83.4 Å². The van der Waals surface area contributed by atoms with E-state index in [-0.39, 0.29) is 12.8 Å². The summed E-state index contributed by atoms with van der Waals surface area (Å²) in [6, 6.07) is 21.9. The van der Waals surface area contributed by atoms with Crippen LogP contribution in [0.4, 0.5) is 0 Å². The van der Waals surface area contributed by atoms with Crippen LogP contribution in [-0.2, 0) is 4.79 Å². The average molecular weight is 474 g/mol. The Morgan fingerprint density at radius 3 is 2.06 bits per heavy atom. The molecule has 3 aromatic rings. The van der Waals surface area contributed by atoms with E-state index in [9.17, 15) is 4.79 Å². The Hall–Kier alpha value is -3.77. The predicted octanol–water partition coefficient (Wildman–Crippen LogP) is 5.65. The molecule has 0 atom stereocenters. The highest BCUT2D eigenvalue weighted by Gasteiger charge is 2.18. The van der Waals surface area contributed by atoms with Gasteiger partial charge in [-0.25, -0.2) is 0 Å². The number of fused-ring (bicyclic) bond motifs is 1. The number of hydrogen-bond donors (Lipinski definition) is 0. The molecule has 6 nitrogen and oxygen atoms in total. The number of esters is 1. The molecular formula is C29H31NO5. The van der Waals surface area contributed by atoms with Crippen LogP contribution in [0.2, 0.25) is 0 Å². The zero-order valence-corrected chi connectivity index (χ0v) is 20.7. The van der Waals surface area contributed by atoms with Crippen LogP contribution in [0.5, 0.6) is 23.0 Å². The van der Waals surface area contributed by atoms with Crippen LogP contribution in [-0.4, -0.2) is 44.9 Å². The van der Waals surface area contributed by atoms with Crippen LogP contribution in [0.3, 0.4) is 0 Å². The number of hydrogen-bond acceptors (Lipinski definition) is 6. The van der Waals surface area contributed by atoms with Gasteiger partial charge in [-0.05, 0) is 84.8 Å². The van der Waals surface area contributed by atoms with Crippen molar-refractivity contribution in [2.24, 2.45) is 0 Å². The number of ether oxygens (including phenoxy) is 4. The first kappa shape index (κ1) is 24.4. The Labute approximate surface area is 206 Å². The van der Waals surface area contributed by atoms with Crippen LogP contribution in [0.25, 0.3) is 11.1 Å². The predicted molar refractivity (Wildman–Crippen MR) is 137 cm³/mol. The third kappa shape index (κ3) is 6.03. The fourth-order valence-corrected chi connectivity index (χ4v) is 4.04. The van der Waals surface area contributed by atoms with Crippen LogP contribution < -0.4 is 18.9 Å². The first-order valence-corrected chi connectivity index (χ1v) is 11.7. The summed E-state index contributed by atoms with van der Waals surface area (Å²) in [6.45, 7) is 5.27. The maximum absolute atomic E-state index is 11.4. The third-order valence-electron chi connectivity index (χ3n) is 5.73. The number of carbonyl (C=O) groups excluding carboxylic acids is 1. The summed E-state index contributed by atoms with van der Waals surface area (Å²) in [6.07, 6.45) is 0.807. The summed E-state index contributed by atoms with van der Waals surface area (Å²) in [5.41, 5.74) is 5.43. The van der Waals surface area contributed by atoms with Crippen LogP contribution >= 0.6 is 0 Å². The standard InChI is InChI=1S/C29H31NO5/c1-5-26(23-10-15-27-28(18-23)34-19-33-27)29(22-8-13-25(14-9-22)35-20(2)31)21-6-11-24(12-7-21)32-17-16-30(3)4/h6-15,18H,5,16-17,19H2,1-4H3. The number of benzene rings is 3. The lowest BCUT2D eigenvalue weighted by atomic mass is 9.88. The van der Waals surface area contributed by atoms with E-state index in [1.54, 1.807) is 0 Å². The zero-order valence-electron chi connectivity index (χ0n) is 20.7. The highest BCUT2D eigenvalue weighted by molar-refractivity contribution is 5.99. The van der Waals surface area contributed by atoms with Crippen LogP contribution in [0.1, 0.15) is 37.0 Å². The molecule has 0 saturated carbocycles. The molecule has 0 unspecified atom stereocenters. The molecule has 3 aromatic carbocycles. The smallest absolute Gasteiger partial charge is 0.308 e. The highest BCUT2D eigenvalue weighted by atomic mass is 16.7. The zero-order chi connectivity index (χ0) is 24.8. The van der Waals surface area contributed by atoms with E-state index in [0.29, 0.717) is 12.4 Å². The molecule has 0 spiro atoms. The molecule has 1 aliphatic heterocycles. The number of rotatable bonds is 9. The summed E-state index contributed by atoms with van der Waals surface area (Å²) < 4.78 is 22.3. The Kier molecular flexibility index (Phi) is 7.73. The molecule has 0 aromatic heterocycles. The second-order valence-electron chi connectivity index (χ2n) is 8.57. The Morgan fingerprint density at radius 2 is 1.46 bits per heavy atom. The van der Waals surface area contributed by atoms with Gasteiger partial charge in [0.15, 0.2) is 11.5 Å². The van der Waals surface area contributed by atoms with Gasteiger partial charge in [-0.15, -0.1) is 0 Å². The molecule has 0 bridgehead atoms. The van der Waals surface area contributed by atoms with E-state index < -0.39 is 0 Å². The molecule has 0 fully saturated rings. The van der Waals surface area contributed by atoms with E-state index in [4.69, 9.17) is 18.9 Å². The number of carbonyl (C=O) groups is 1. The third-order valence-corrected chi connectivity index (χ3v) is 5.73. The minimum atomic E-state index is -0.340. The average Bonchev–Trinajstić information content (AvgIpc) is 3.31. The molecule has 0 radical (unpaired) electrons. The second kappa shape index (κ2) is 11.1. The summed E-state index contributed by atoms with van der Waals surface area (Å²) in [5, 5.41) is 0. The molecule has 35 heavy (non-hydrogen) atoms. The molecule has 6 heteroatoms. The maximum atomic E-state index is 11.4. The Morgan fingerprint density at radius 1 is 0.857 bits per heavy atom. The minimum Gasteiger partial charge on any atom is -0.492 e.